The molecule has 22 heavy (non-hydrogen) atoms. The van der Waals surface area contributed by atoms with Crippen LogP contribution in [0.2, 0.25) is 0 Å². The molecule has 0 heterocycles. The first kappa shape index (κ1) is 15.9. The molecule has 0 aliphatic heterocycles. The van der Waals surface area contributed by atoms with Crippen molar-refractivity contribution in [3.8, 4) is 5.75 Å². The van der Waals surface area contributed by atoms with Gasteiger partial charge in [0.15, 0.2) is 0 Å². The van der Waals surface area contributed by atoms with Crippen LogP contribution in [0.5, 0.6) is 5.75 Å². The first-order chi connectivity index (χ1) is 10.7. The van der Waals surface area contributed by atoms with Crippen molar-refractivity contribution in [1.82, 2.24) is 0 Å². The summed E-state index contributed by atoms with van der Waals surface area (Å²) < 4.78 is 10.6. The molecule has 0 aliphatic carbocycles. The van der Waals surface area contributed by atoms with E-state index in [4.69, 9.17) is 9.47 Å². The largest absolute Gasteiger partial charge is 0.421 e. The summed E-state index contributed by atoms with van der Waals surface area (Å²) in [6.07, 6.45) is -0.383. The van der Waals surface area contributed by atoms with Crippen molar-refractivity contribution in [2.24, 2.45) is 0 Å². The van der Waals surface area contributed by atoms with E-state index < -0.39 is 17.9 Å². The van der Waals surface area contributed by atoms with Gasteiger partial charge < -0.3 is 9.47 Å². The van der Waals surface area contributed by atoms with Gasteiger partial charge >= 0.3 is 5.97 Å². The molecule has 1 atom stereocenters. The third kappa shape index (κ3) is 4.53. The van der Waals surface area contributed by atoms with Crippen molar-refractivity contribution in [3.05, 3.63) is 66.2 Å². The number of esters is 1. The summed E-state index contributed by atoms with van der Waals surface area (Å²) in [5, 5.41) is 0. The fraction of sp³-hybridized carbons (Fsp3) is 0.222. The van der Waals surface area contributed by atoms with E-state index in [2.05, 4.69) is 0 Å². The number of Topliss-reactive ketones (excluding diaryl/α,β-unsaturated/α-hetero) is 1. The van der Waals surface area contributed by atoms with Crippen LogP contribution in [0.25, 0.3) is 0 Å². The molecule has 0 spiro atoms. The summed E-state index contributed by atoms with van der Waals surface area (Å²) in [5.41, 5.74) is 0.949. The van der Waals surface area contributed by atoms with Gasteiger partial charge in [-0.25, -0.2) is 4.79 Å². The molecule has 0 aromatic heterocycles. The van der Waals surface area contributed by atoms with Gasteiger partial charge in [0, 0.05) is 0 Å². The van der Waals surface area contributed by atoms with E-state index in [0.29, 0.717) is 12.2 Å². The van der Waals surface area contributed by atoms with E-state index in [-0.39, 0.29) is 6.61 Å². The number of hydrogen-bond donors (Lipinski definition) is 0. The molecule has 4 nitrogen and oxygen atoms in total. The predicted molar refractivity (Wildman–Crippen MR) is 82.4 cm³/mol. The number of ketones is 1. The summed E-state index contributed by atoms with van der Waals surface area (Å²) in [6.45, 7) is 2.08. The number of carbonyl (C=O) groups is 2. The van der Waals surface area contributed by atoms with Crippen molar-refractivity contribution < 1.29 is 19.1 Å². The van der Waals surface area contributed by atoms with Crippen LogP contribution in [0.3, 0.4) is 0 Å². The first-order valence-corrected chi connectivity index (χ1v) is 7.17. The van der Waals surface area contributed by atoms with E-state index in [0.717, 1.165) is 5.56 Å². The second kappa shape index (κ2) is 8.10. The Kier molecular flexibility index (Phi) is 5.86. The molecule has 0 aliphatic rings. The van der Waals surface area contributed by atoms with E-state index >= 15 is 0 Å². The molecule has 0 bridgehead atoms. The Morgan fingerprint density at radius 3 is 2.14 bits per heavy atom. The van der Waals surface area contributed by atoms with Gasteiger partial charge in [0.25, 0.3) is 5.78 Å². The lowest BCUT2D eigenvalue weighted by atomic mass is 10.1. The average Bonchev–Trinajstić information content (AvgIpc) is 2.57. The minimum Gasteiger partial charge on any atom is -0.421 e. The molecule has 0 saturated carbocycles. The minimum atomic E-state index is -0.897. The molecule has 1 unspecified atom stereocenters. The highest BCUT2D eigenvalue weighted by Crippen LogP contribution is 2.11. The lowest BCUT2D eigenvalue weighted by Crippen LogP contribution is -2.33. The van der Waals surface area contributed by atoms with Crippen LogP contribution in [0.15, 0.2) is 60.7 Å². The Morgan fingerprint density at radius 2 is 1.55 bits per heavy atom. The maximum Gasteiger partial charge on any atom is 0.382 e. The van der Waals surface area contributed by atoms with Crippen LogP contribution < -0.4 is 4.74 Å². The van der Waals surface area contributed by atoms with Crippen LogP contribution in [0.4, 0.5) is 0 Å². The zero-order valence-corrected chi connectivity index (χ0v) is 12.4. The molecule has 2 aromatic carbocycles. The van der Waals surface area contributed by atoms with Crippen molar-refractivity contribution in [3.63, 3.8) is 0 Å². The second-order valence-corrected chi connectivity index (χ2v) is 4.76. The molecule has 0 radical (unpaired) electrons. The van der Waals surface area contributed by atoms with Gasteiger partial charge in [-0.15, -0.1) is 0 Å². The van der Waals surface area contributed by atoms with Gasteiger partial charge in [-0.1, -0.05) is 55.5 Å². The normalized spacial score (nSPS) is 11.7. The third-order valence-corrected chi connectivity index (χ3v) is 3.11. The molecule has 0 N–H and O–H groups in total. The summed E-state index contributed by atoms with van der Waals surface area (Å²) in [6, 6.07) is 18.0. The number of hydrogen-bond acceptors (Lipinski definition) is 4. The van der Waals surface area contributed by atoms with Gasteiger partial charge in [0.05, 0.1) is 6.61 Å². The molecule has 0 saturated heterocycles. The van der Waals surface area contributed by atoms with Crippen LogP contribution in [0, 0.1) is 0 Å². The van der Waals surface area contributed by atoms with Gasteiger partial charge in [-0.3, -0.25) is 4.79 Å². The van der Waals surface area contributed by atoms with Crippen molar-refractivity contribution in [2.75, 3.05) is 0 Å². The number of rotatable bonds is 7. The lowest BCUT2D eigenvalue weighted by Gasteiger charge is -2.14. The Balaban J connectivity index is 1.92. The Bertz CT molecular complexity index is 607. The summed E-state index contributed by atoms with van der Waals surface area (Å²) in [7, 11) is 0. The van der Waals surface area contributed by atoms with Gasteiger partial charge in [-0.05, 0) is 24.1 Å². The van der Waals surface area contributed by atoms with E-state index in [9.17, 15) is 9.59 Å². The molecular formula is C18H18O4. The standard InChI is InChI=1S/C18H18O4/c1-2-16(21-13-14-9-5-3-6-10-14)17(19)18(20)22-15-11-7-4-8-12-15/h3-12,16H,2,13H2,1H3. The van der Waals surface area contributed by atoms with Crippen LogP contribution in [0.1, 0.15) is 18.9 Å². The van der Waals surface area contributed by atoms with Gasteiger partial charge in [-0.2, -0.15) is 0 Å². The van der Waals surface area contributed by atoms with Crippen LogP contribution in [-0.4, -0.2) is 17.9 Å². The quantitative estimate of drug-likeness (QED) is 0.447. The summed E-state index contributed by atoms with van der Waals surface area (Å²) in [4.78, 5) is 24.0. The second-order valence-electron chi connectivity index (χ2n) is 4.76. The molecule has 4 heteroatoms. The van der Waals surface area contributed by atoms with Crippen LogP contribution in [-0.2, 0) is 20.9 Å². The van der Waals surface area contributed by atoms with Gasteiger partial charge in [0.1, 0.15) is 11.9 Å². The number of para-hydroxylation sites is 1. The van der Waals surface area contributed by atoms with Crippen molar-refractivity contribution in [1.29, 1.82) is 0 Å². The number of benzene rings is 2. The molecule has 0 fully saturated rings. The molecular weight excluding hydrogens is 280 g/mol. The Morgan fingerprint density at radius 1 is 0.955 bits per heavy atom. The Hall–Kier alpha value is -2.46. The SMILES string of the molecule is CCC(OCc1ccccc1)C(=O)C(=O)Oc1ccccc1. The third-order valence-electron chi connectivity index (χ3n) is 3.11. The van der Waals surface area contributed by atoms with Gasteiger partial charge in [0.2, 0.25) is 0 Å². The lowest BCUT2D eigenvalue weighted by molar-refractivity contribution is -0.153. The molecule has 2 rings (SSSR count). The average molecular weight is 298 g/mol. The van der Waals surface area contributed by atoms with E-state index in [1.54, 1.807) is 37.3 Å². The topological polar surface area (TPSA) is 52.6 Å². The smallest absolute Gasteiger partial charge is 0.382 e. The maximum atomic E-state index is 12.1. The van der Waals surface area contributed by atoms with E-state index in [1.807, 2.05) is 30.3 Å². The minimum absolute atomic E-state index is 0.281. The van der Waals surface area contributed by atoms with Crippen molar-refractivity contribution >= 4 is 11.8 Å². The maximum absolute atomic E-state index is 12.1. The van der Waals surface area contributed by atoms with E-state index in [1.165, 1.54) is 0 Å². The molecule has 2 aromatic rings. The number of ether oxygens (including phenoxy) is 2. The fourth-order valence-electron chi connectivity index (χ4n) is 1.93. The Labute approximate surface area is 129 Å². The monoisotopic (exact) mass is 298 g/mol. The zero-order chi connectivity index (χ0) is 15.8. The molecule has 114 valence electrons. The fourth-order valence-corrected chi connectivity index (χ4v) is 1.93. The summed E-state index contributed by atoms with van der Waals surface area (Å²) >= 11 is 0. The zero-order valence-electron chi connectivity index (χ0n) is 12.4. The highest BCUT2D eigenvalue weighted by Gasteiger charge is 2.26. The predicted octanol–water partition coefficient (Wildman–Crippen LogP) is 3.16. The highest BCUT2D eigenvalue weighted by atomic mass is 16.5. The highest BCUT2D eigenvalue weighted by molar-refractivity contribution is 6.36. The molecule has 0 amide bonds. The first-order valence-electron chi connectivity index (χ1n) is 7.17. The van der Waals surface area contributed by atoms with Crippen molar-refractivity contribution in [2.45, 2.75) is 26.1 Å². The number of carbonyl (C=O) groups excluding carboxylic acids is 2. The van der Waals surface area contributed by atoms with Crippen LogP contribution >= 0.6 is 0 Å². The summed E-state index contributed by atoms with van der Waals surface area (Å²) in [5.74, 6) is -1.22.